The first-order valence-corrected chi connectivity index (χ1v) is 10.2. The highest BCUT2D eigenvalue weighted by atomic mass is 16.5. The van der Waals surface area contributed by atoms with Gasteiger partial charge in [0.2, 0.25) is 5.91 Å². The van der Waals surface area contributed by atoms with Crippen LogP contribution in [0, 0.1) is 6.92 Å². The maximum atomic E-state index is 13.2. The van der Waals surface area contributed by atoms with E-state index in [9.17, 15) is 9.59 Å². The van der Waals surface area contributed by atoms with Crippen LogP contribution in [0.2, 0.25) is 0 Å². The average Bonchev–Trinajstić information content (AvgIpc) is 2.78. The molecule has 1 N–H and O–H groups in total. The van der Waals surface area contributed by atoms with Gasteiger partial charge >= 0.3 is 0 Å². The second-order valence-corrected chi connectivity index (χ2v) is 7.25. The van der Waals surface area contributed by atoms with Crippen molar-refractivity contribution in [2.75, 3.05) is 13.7 Å². The van der Waals surface area contributed by atoms with Crippen LogP contribution in [-0.4, -0.2) is 36.4 Å². The van der Waals surface area contributed by atoms with Gasteiger partial charge in [-0.05, 0) is 35.9 Å². The molecule has 1 atom stereocenters. The van der Waals surface area contributed by atoms with Crippen molar-refractivity contribution in [3.05, 3.63) is 77.9 Å². The summed E-state index contributed by atoms with van der Waals surface area (Å²) < 4.78 is 5.92. The Bertz CT molecular complexity index is 1030. The zero-order valence-electron chi connectivity index (χ0n) is 17.7. The molecule has 0 aliphatic rings. The molecule has 156 valence electrons. The molecule has 3 aromatic rings. The van der Waals surface area contributed by atoms with Gasteiger partial charge in [0.1, 0.15) is 11.8 Å². The third-order valence-corrected chi connectivity index (χ3v) is 5.34. The van der Waals surface area contributed by atoms with E-state index >= 15 is 0 Å². The van der Waals surface area contributed by atoms with Crippen LogP contribution >= 0.6 is 0 Å². The molecule has 0 saturated carbocycles. The molecule has 3 aromatic carbocycles. The zero-order valence-corrected chi connectivity index (χ0v) is 17.7. The molecule has 0 spiro atoms. The van der Waals surface area contributed by atoms with E-state index in [-0.39, 0.29) is 18.4 Å². The molecule has 0 heterocycles. The summed E-state index contributed by atoms with van der Waals surface area (Å²) in [5.74, 6) is 0.261. The number of benzene rings is 3. The molecule has 0 unspecified atom stereocenters. The summed E-state index contributed by atoms with van der Waals surface area (Å²) in [6.07, 6.45) is 0.519. The SMILES string of the molecule is CC[C@@H](C(=O)NC)N(Cc1ccccc1C)C(=O)COc1cccc2ccccc12. The Labute approximate surface area is 177 Å². The number of nitrogens with one attached hydrogen (secondary N) is 1. The highest BCUT2D eigenvalue weighted by Crippen LogP contribution is 2.25. The topological polar surface area (TPSA) is 58.6 Å². The molecule has 2 amide bonds. The predicted octanol–water partition coefficient (Wildman–Crippen LogP) is 4.08. The Morgan fingerprint density at radius 2 is 1.70 bits per heavy atom. The molecule has 0 aromatic heterocycles. The van der Waals surface area contributed by atoms with E-state index in [0.29, 0.717) is 18.7 Å². The lowest BCUT2D eigenvalue weighted by molar-refractivity contribution is -0.142. The normalized spacial score (nSPS) is 11.7. The molecule has 0 radical (unpaired) electrons. The molecule has 0 saturated heterocycles. The minimum Gasteiger partial charge on any atom is -0.483 e. The summed E-state index contributed by atoms with van der Waals surface area (Å²) in [7, 11) is 1.59. The van der Waals surface area contributed by atoms with Crippen LogP contribution in [0.5, 0.6) is 5.75 Å². The molecular weight excluding hydrogens is 376 g/mol. The smallest absolute Gasteiger partial charge is 0.261 e. The predicted molar refractivity (Wildman–Crippen MR) is 119 cm³/mol. The van der Waals surface area contributed by atoms with Crippen molar-refractivity contribution in [3.63, 3.8) is 0 Å². The summed E-state index contributed by atoms with van der Waals surface area (Å²) in [6, 6.07) is 21.0. The number of ether oxygens (including phenoxy) is 1. The van der Waals surface area contributed by atoms with Crippen molar-refractivity contribution in [2.24, 2.45) is 0 Å². The number of nitrogens with zero attached hydrogens (tertiary/aromatic N) is 1. The summed E-state index contributed by atoms with van der Waals surface area (Å²) in [5.41, 5.74) is 2.09. The fourth-order valence-electron chi connectivity index (χ4n) is 3.60. The first-order valence-electron chi connectivity index (χ1n) is 10.2. The third-order valence-electron chi connectivity index (χ3n) is 5.34. The van der Waals surface area contributed by atoms with E-state index in [0.717, 1.165) is 21.9 Å². The number of hydrogen-bond donors (Lipinski definition) is 1. The van der Waals surface area contributed by atoms with E-state index in [1.165, 1.54) is 0 Å². The van der Waals surface area contributed by atoms with Gasteiger partial charge in [-0.1, -0.05) is 67.6 Å². The van der Waals surface area contributed by atoms with Gasteiger partial charge in [-0.15, -0.1) is 0 Å². The number of fused-ring (bicyclic) bond motifs is 1. The molecule has 0 bridgehead atoms. The van der Waals surface area contributed by atoms with Gasteiger partial charge in [0.15, 0.2) is 6.61 Å². The lowest BCUT2D eigenvalue weighted by atomic mass is 10.1. The number of amides is 2. The number of likely N-dealkylation sites (N-methyl/N-ethyl adjacent to an activating group) is 1. The minimum absolute atomic E-state index is 0.132. The summed E-state index contributed by atoms with van der Waals surface area (Å²) >= 11 is 0. The van der Waals surface area contributed by atoms with Crippen molar-refractivity contribution in [2.45, 2.75) is 32.9 Å². The Morgan fingerprint density at radius 1 is 1.00 bits per heavy atom. The quantitative estimate of drug-likeness (QED) is 0.615. The first-order chi connectivity index (χ1) is 14.5. The largest absolute Gasteiger partial charge is 0.483 e. The van der Waals surface area contributed by atoms with Crippen molar-refractivity contribution < 1.29 is 14.3 Å². The third kappa shape index (κ3) is 4.79. The summed E-state index contributed by atoms with van der Waals surface area (Å²) in [4.78, 5) is 27.3. The van der Waals surface area contributed by atoms with Crippen LogP contribution in [0.3, 0.4) is 0 Å². The van der Waals surface area contributed by atoms with E-state index < -0.39 is 6.04 Å². The molecule has 3 rings (SSSR count). The van der Waals surface area contributed by atoms with E-state index in [2.05, 4.69) is 5.32 Å². The fourth-order valence-corrected chi connectivity index (χ4v) is 3.60. The van der Waals surface area contributed by atoms with Gasteiger partial charge in [-0.25, -0.2) is 0 Å². The average molecular weight is 405 g/mol. The first kappa shape index (κ1) is 21.4. The molecule has 5 nitrogen and oxygen atoms in total. The second kappa shape index (κ2) is 9.92. The van der Waals surface area contributed by atoms with Crippen LogP contribution in [0.15, 0.2) is 66.7 Å². The van der Waals surface area contributed by atoms with Crippen molar-refractivity contribution >= 4 is 22.6 Å². The van der Waals surface area contributed by atoms with Gasteiger partial charge in [0.05, 0.1) is 0 Å². The number of carbonyl (C=O) groups is 2. The summed E-state index contributed by atoms with van der Waals surface area (Å²) in [6.45, 7) is 4.14. The van der Waals surface area contributed by atoms with Gasteiger partial charge in [0, 0.05) is 19.0 Å². The van der Waals surface area contributed by atoms with Crippen LogP contribution in [0.25, 0.3) is 10.8 Å². The van der Waals surface area contributed by atoms with Gasteiger partial charge < -0.3 is 15.0 Å². The van der Waals surface area contributed by atoms with E-state index in [1.807, 2.05) is 80.6 Å². The molecule has 0 aliphatic heterocycles. The molecule has 0 fully saturated rings. The number of rotatable bonds is 8. The molecule has 30 heavy (non-hydrogen) atoms. The van der Waals surface area contributed by atoms with E-state index in [1.54, 1.807) is 11.9 Å². The van der Waals surface area contributed by atoms with Gasteiger partial charge in [-0.2, -0.15) is 0 Å². The number of hydrogen-bond acceptors (Lipinski definition) is 3. The maximum Gasteiger partial charge on any atom is 0.261 e. The Kier molecular flexibility index (Phi) is 7.07. The van der Waals surface area contributed by atoms with Crippen molar-refractivity contribution in [1.29, 1.82) is 0 Å². The number of carbonyl (C=O) groups excluding carboxylic acids is 2. The monoisotopic (exact) mass is 404 g/mol. The van der Waals surface area contributed by atoms with Crippen LogP contribution in [-0.2, 0) is 16.1 Å². The highest BCUT2D eigenvalue weighted by molar-refractivity contribution is 5.90. The van der Waals surface area contributed by atoms with Crippen LogP contribution in [0.4, 0.5) is 0 Å². The summed E-state index contributed by atoms with van der Waals surface area (Å²) in [5, 5.41) is 4.68. The van der Waals surface area contributed by atoms with E-state index in [4.69, 9.17) is 4.74 Å². The Hall–Kier alpha value is -3.34. The minimum atomic E-state index is -0.557. The van der Waals surface area contributed by atoms with Crippen molar-refractivity contribution in [3.8, 4) is 5.75 Å². The van der Waals surface area contributed by atoms with Crippen LogP contribution in [0.1, 0.15) is 24.5 Å². The molecule has 0 aliphatic carbocycles. The Balaban J connectivity index is 1.83. The highest BCUT2D eigenvalue weighted by Gasteiger charge is 2.28. The molecule has 5 heteroatoms. The maximum absolute atomic E-state index is 13.2. The number of aryl methyl sites for hydroxylation is 1. The van der Waals surface area contributed by atoms with Crippen molar-refractivity contribution in [1.82, 2.24) is 10.2 Å². The molecular formula is C25H28N2O3. The standard InChI is InChI=1S/C25H28N2O3/c1-4-22(25(29)26-3)27(16-20-12-6-5-10-18(20)2)24(28)17-30-23-15-9-13-19-11-7-8-14-21(19)23/h5-15,22H,4,16-17H2,1-3H3,(H,26,29)/t22-/m0/s1. The van der Waals surface area contributed by atoms with Crippen LogP contribution < -0.4 is 10.1 Å². The fraction of sp³-hybridized carbons (Fsp3) is 0.280. The van der Waals surface area contributed by atoms with Gasteiger partial charge in [0.25, 0.3) is 5.91 Å². The second-order valence-electron chi connectivity index (χ2n) is 7.25. The lowest BCUT2D eigenvalue weighted by Gasteiger charge is -2.30. The lowest BCUT2D eigenvalue weighted by Crippen LogP contribution is -2.49. The Morgan fingerprint density at radius 3 is 2.43 bits per heavy atom. The zero-order chi connectivity index (χ0) is 21.5. The van der Waals surface area contributed by atoms with Gasteiger partial charge in [-0.3, -0.25) is 9.59 Å².